The van der Waals surface area contributed by atoms with Gasteiger partial charge in [0.15, 0.2) is 12.4 Å². The molecule has 1 N–H and O–H groups in total. The summed E-state index contributed by atoms with van der Waals surface area (Å²) in [4.78, 5) is 34.6. The predicted octanol–water partition coefficient (Wildman–Crippen LogP) is 3.27. The number of amides is 1. The minimum Gasteiger partial charge on any atom is -0.455 e. The molecule has 6 heteroatoms. The molecule has 0 aliphatic carbocycles. The highest BCUT2D eigenvalue weighted by molar-refractivity contribution is 6.30. The molecule has 124 valence electrons. The van der Waals surface area contributed by atoms with Gasteiger partial charge in [0.05, 0.1) is 6.42 Å². The molecule has 0 fully saturated rings. The van der Waals surface area contributed by atoms with Crippen LogP contribution in [0.2, 0.25) is 5.02 Å². The standard InChI is InChI=1S/C18H16ClNO4/c1-12(21)14-4-8-16(9-5-14)20-17(22)11-24-18(23)10-13-2-6-15(19)7-3-13/h2-9H,10-11H2,1H3,(H,20,22). The van der Waals surface area contributed by atoms with E-state index in [9.17, 15) is 14.4 Å². The third-order valence-electron chi connectivity index (χ3n) is 3.20. The Labute approximate surface area is 144 Å². The number of anilines is 1. The van der Waals surface area contributed by atoms with E-state index in [1.807, 2.05) is 0 Å². The van der Waals surface area contributed by atoms with Crippen molar-refractivity contribution in [3.05, 3.63) is 64.7 Å². The number of ether oxygens (including phenoxy) is 1. The maximum absolute atomic E-state index is 11.8. The molecule has 24 heavy (non-hydrogen) atoms. The van der Waals surface area contributed by atoms with Crippen molar-refractivity contribution < 1.29 is 19.1 Å². The van der Waals surface area contributed by atoms with Crippen LogP contribution in [0.5, 0.6) is 0 Å². The van der Waals surface area contributed by atoms with Gasteiger partial charge in [-0.2, -0.15) is 0 Å². The second-order valence-corrected chi connectivity index (χ2v) is 5.58. The van der Waals surface area contributed by atoms with Crippen molar-refractivity contribution in [1.82, 2.24) is 0 Å². The average molecular weight is 346 g/mol. The normalized spacial score (nSPS) is 10.1. The molecule has 0 aliphatic heterocycles. The topological polar surface area (TPSA) is 72.5 Å². The maximum atomic E-state index is 11.8. The lowest BCUT2D eigenvalue weighted by Crippen LogP contribution is -2.21. The molecule has 0 saturated carbocycles. The van der Waals surface area contributed by atoms with Crippen LogP contribution in [-0.2, 0) is 20.7 Å². The Hall–Kier alpha value is -2.66. The summed E-state index contributed by atoms with van der Waals surface area (Å²) >= 11 is 5.77. The van der Waals surface area contributed by atoms with Gasteiger partial charge in [-0.1, -0.05) is 23.7 Å². The number of nitrogens with one attached hydrogen (secondary N) is 1. The lowest BCUT2D eigenvalue weighted by molar-refractivity contribution is -0.146. The largest absolute Gasteiger partial charge is 0.455 e. The Bertz CT molecular complexity index is 739. The summed E-state index contributed by atoms with van der Waals surface area (Å²) in [5.41, 5.74) is 1.84. The molecule has 1 amide bonds. The third kappa shape index (κ3) is 5.52. The molecule has 0 saturated heterocycles. The molecule has 0 heterocycles. The van der Waals surface area contributed by atoms with Crippen LogP contribution < -0.4 is 5.32 Å². The SMILES string of the molecule is CC(=O)c1ccc(NC(=O)COC(=O)Cc2ccc(Cl)cc2)cc1. The number of halogens is 1. The van der Waals surface area contributed by atoms with E-state index in [1.54, 1.807) is 48.5 Å². The maximum Gasteiger partial charge on any atom is 0.310 e. The fraction of sp³-hybridized carbons (Fsp3) is 0.167. The van der Waals surface area contributed by atoms with E-state index in [0.717, 1.165) is 5.56 Å². The number of hydrogen-bond acceptors (Lipinski definition) is 4. The van der Waals surface area contributed by atoms with Gasteiger partial charge in [0.1, 0.15) is 0 Å². The first kappa shape index (κ1) is 17.7. The molecule has 2 aromatic rings. The molecule has 0 unspecified atom stereocenters. The quantitative estimate of drug-likeness (QED) is 0.644. The van der Waals surface area contributed by atoms with Gasteiger partial charge in [0.25, 0.3) is 5.91 Å². The Morgan fingerprint density at radius 2 is 1.62 bits per heavy atom. The number of ketones is 1. The van der Waals surface area contributed by atoms with Crippen molar-refractivity contribution in [2.75, 3.05) is 11.9 Å². The van der Waals surface area contributed by atoms with Crippen molar-refractivity contribution >= 4 is 34.9 Å². The highest BCUT2D eigenvalue weighted by Crippen LogP contribution is 2.11. The van der Waals surface area contributed by atoms with E-state index in [2.05, 4.69) is 5.32 Å². The zero-order valence-electron chi connectivity index (χ0n) is 13.0. The second-order valence-electron chi connectivity index (χ2n) is 5.15. The molecule has 5 nitrogen and oxygen atoms in total. The Balaban J connectivity index is 1.78. The number of esters is 1. The molecule has 2 aromatic carbocycles. The second kappa shape index (κ2) is 8.26. The van der Waals surface area contributed by atoms with Gasteiger partial charge in [-0.25, -0.2) is 0 Å². The van der Waals surface area contributed by atoms with Gasteiger partial charge in [0.2, 0.25) is 0 Å². The van der Waals surface area contributed by atoms with Crippen LogP contribution in [0, 0.1) is 0 Å². The van der Waals surface area contributed by atoms with Crippen molar-refractivity contribution in [2.24, 2.45) is 0 Å². The first-order valence-corrected chi connectivity index (χ1v) is 7.63. The summed E-state index contributed by atoms with van der Waals surface area (Å²) in [5.74, 6) is -1.00. The summed E-state index contributed by atoms with van der Waals surface area (Å²) in [5, 5.41) is 3.18. The molecule has 0 radical (unpaired) electrons. The van der Waals surface area contributed by atoms with Crippen LogP contribution >= 0.6 is 11.6 Å². The van der Waals surface area contributed by atoms with Crippen LogP contribution in [0.4, 0.5) is 5.69 Å². The monoisotopic (exact) mass is 345 g/mol. The fourth-order valence-electron chi connectivity index (χ4n) is 1.95. The van der Waals surface area contributed by atoms with Crippen molar-refractivity contribution in [2.45, 2.75) is 13.3 Å². The summed E-state index contributed by atoms with van der Waals surface area (Å²) in [6.45, 7) is 1.09. The highest BCUT2D eigenvalue weighted by atomic mass is 35.5. The van der Waals surface area contributed by atoms with Gasteiger partial charge in [0, 0.05) is 16.3 Å². The van der Waals surface area contributed by atoms with Gasteiger partial charge in [-0.05, 0) is 48.9 Å². The van der Waals surface area contributed by atoms with E-state index >= 15 is 0 Å². The van der Waals surface area contributed by atoms with Gasteiger partial charge >= 0.3 is 5.97 Å². The Kier molecular flexibility index (Phi) is 6.09. The highest BCUT2D eigenvalue weighted by Gasteiger charge is 2.09. The first-order valence-electron chi connectivity index (χ1n) is 7.25. The van der Waals surface area contributed by atoms with Crippen molar-refractivity contribution in [1.29, 1.82) is 0 Å². The van der Waals surface area contributed by atoms with Crippen molar-refractivity contribution in [3.63, 3.8) is 0 Å². The zero-order valence-corrected chi connectivity index (χ0v) is 13.8. The van der Waals surface area contributed by atoms with E-state index in [0.29, 0.717) is 16.3 Å². The van der Waals surface area contributed by atoms with Crippen LogP contribution in [-0.4, -0.2) is 24.3 Å². The van der Waals surface area contributed by atoms with Gasteiger partial charge in [-0.3, -0.25) is 14.4 Å². The van der Waals surface area contributed by atoms with Crippen LogP contribution in [0.25, 0.3) is 0 Å². The number of benzene rings is 2. The smallest absolute Gasteiger partial charge is 0.310 e. The molecular weight excluding hydrogens is 330 g/mol. The minimum atomic E-state index is -0.501. The number of hydrogen-bond donors (Lipinski definition) is 1. The summed E-state index contributed by atoms with van der Waals surface area (Å²) in [6, 6.07) is 13.3. The number of rotatable bonds is 6. The molecule has 0 spiro atoms. The van der Waals surface area contributed by atoms with Crippen LogP contribution in [0.3, 0.4) is 0 Å². The molecule has 0 aliphatic rings. The number of Topliss-reactive ketones (excluding diaryl/α,β-unsaturated/α-hetero) is 1. The van der Waals surface area contributed by atoms with E-state index in [4.69, 9.17) is 16.3 Å². The van der Waals surface area contributed by atoms with Crippen molar-refractivity contribution in [3.8, 4) is 0 Å². The summed E-state index contributed by atoms with van der Waals surface area (Å²) in [7, 11) is 0. The van der Waals surface area contributed by atoms with Gasteiger partial charge < -0.3 is 10.1 Å². The number of carbonyl (C=O) groups excluding carboxylic acids is 3. The fourth-order valence-corrected chi connectivity index (χ4v) is 2.08. The molecule has 0 atom stereocenters. The molecular formula is C18H16ClNO4. The summed E-state index contributed by atoms with van der Waals surface area (Å²) < 4.78 is 4.93. The summed E-state index contributed by atoms with van der Waals surface area (Å²) in [6.07, 6.45) is 0.0672. The predicted molar refractivity (Wildman–Crippen MR) is 91.2 cm³/mol. The lowest BCUT2D eigenvalue weighted by Gasteiger charge is -2.07. The van der Waals surface area contributed by atoms with E-state index in [-0.39, 0.29) is 18.8 Å². The van der Waals surface area contributed by atoms with E-state index < -0.39 is 11.9 Å². The molecule has 2 rings (SSSR count). The van der Waals surface area contributed by atoms with Crippen LogP contribution in [0.15, 0.2) is 48.5 Å². The Morgan fingerprint density at radius 1 is 1.00 bits per heavy atom. The van der Waals surface area contributed by atoms with Gasteiger partial charge in [-0.15, -0.1) is 0 Å². The molecule has 0 bridgehead atoms. The van der Waals surface area contributed by atoms with E-state index in [1.165, 1.54) is 6.92 Å². The minimum absolute atomic E-state index is 0.0518. The third-order valence-corrected chi connectivity index (χ3v) is 3.45. The number of carbonyl (C=O) groups is 3. The lowest BCUT2D eigenvalue weighted by atomic mass is 10.1. The molecule has 0 aromatic heterocycles. The Morgan fingerprint density at radius 3 is 2.21 bits per heavy atom. The zero-order chi connectivity index (χ0) is 17.5. The first-order chi connectivity index (χ1) is 11.4. The average Bonchev–Trinajstić information content (AvgIpc) is 2.55. The van der Waals surface area contributed by atoms with Crippen LogP contribution in [0.1, 0.15) is 22.8 Å².